The monoisotopic (exact) mass is 411 g/mol. The molecule has 0 saturated heterocycles. The molecular weight excluding hydrogens is 390 g/mol. The van der Waals surface area contributed by atoms with E-state index in [0.29, 0.717) is 11.3 Å². The van der Waals surface area contributed by atoms with Crippen LogP contribution in [0.15, 0.2) is 43.0 Å². The molecule has 156 valence electrons. The minimum Gasteiger partial charge on any atom is -0.473 e. The Morgan fingerprint density at radius 1 is 1.30 bits per heavy atom. The number of hydrogen-bond donors (Lipinski definition) is 1. The molecule has 9 heteroatoms. The maximum Gasteiger partial charge on any atom is 0.357 e. The number of ether oxygens (including phenoxy) is 3. The SMILES string of the molecule is C=CCOc1nc(C(=O)Nc2ccccc2)nc2c1COC(=O)[C@@]2(CC)OC(C)=O. The van der Waals surface area contributed by atoms with E-state index in [4.69, 9.17) is 14.2 Å². The van der Waals surface area contributed by atoms with E-state index in [1.807, 2.05) is 6.07 Å². The van der Waals surface area contributed by atoms with Crippen LogP contribution in [0.3, 0.4) is 0 Å². The lowest BCUT2D eigenvalue weighted by molar-refractivity contribution is -0.188. The van der Waals surface area contributed by atoms with Crippen molar-refractivity contribution in [2.24, 2.45) is 0 Å². The zero-order chi connectivity index (χ0) is 21.7. The molecule has 0 bridgehead atoms. The van der Waals surface area contributed by atoms with Crippen molar-refractivity contribution in [2.75, 3.05) is 11.9 Å². The van der Waals surface area contributed by atoms with Crippen LogP contribution in [-0.4, -0.2) is 34.4 Å². The Hall–Kier alpha value is -3.75. The highest BCUT2D eigenvalue weighted by Crippen LogP contribution is 2.39. The predicted octanol–water partition coefficient (Wildman–Crippen LogP) is 2.52. The van der Waals surface area contributed by atoms with Crippen molar-refractivity contribution in [3.05, 3.63) is 60.1 Å². The molecule has 2 heterocycles. The Labute approximate surface area is 173 Å². The van der Waals surface area contributed by atoms with Gasteiger partial charge < -0.3 is 19.5 Å². The van der Waals surface area contributed by atoms with Crippen molar-refractivity contribution in [2.45, 2.75) is 32.5 Å². The molecule has 1 atom stereocenters. The number of rotatable bonds is 7. The van der Waals surface area contributed by atoms with Crippen LogP contribution in [0.25, 0.3) is 0 Å². The Kier molecular flexibility index (Phi) is 6.10. The second-order valence-corrected chi connectivity index (χ2v) is 6.45. The third-order valence-corrected chi connectivity index (χ3v) is 4.42. The molecule has 0 radical (unpaired) electrons. The van der Waals surface area contributed by atoms with Gasteiger partial charge in [-0.2, -0.15) is 4.98 Å². The molecule has 0 saturated carbocycles. The summed E-state index contributed by atoms with van der Waals surface area (Å²) in [6, 6.07) is 8.75. The normalized spacial score (nSPS) is 17.3. The van der Waals surface area contributed by atoms with Crippen LogP contribution in [0.1, 0.15) is 42.1 Å². The first-order valence-electron chi connectivity index (χ1n) is 9.29. The molecule has 0 aliphatic carbocycles. The molecule has 2 aromatic rings. The summed E-state index contributed by atoms with van der Waals surface area (Å²) in [4.78, 5) is 45.7. The second-order valence-electron chi connectivity index (χ2n) is 6.45. The van der Waals surface area contributed by atoms with Crippen molar-refractivity contribution < 1.29 is 28.6 Å². The highest BCUT2D eigenvalue weighted by atomic mass is 16.6. The first kappa shape index (κ1) is 21.0. The standard InChI is InChI=1S/C21H21N3O6/c1-4-11-28-19-15-12-29-20(27)21(5-2,30-13(3)25)16(15)23-17(24-19)18(26)22-14-9-7-6-8-10-14/h4,6-10H,1,5,11-12H2,2-3H3,(H,22,26)/t21-/m0/s1. The Balaban J connectivity index is 2.13. The van der Waals surface area contributed by atoms with Gasteiger partial charge in [-0.3, -0.25) is 9.59 Å². The maximum absolute atomic E-state index is 12.8. The number of nitrogens with zero attached hydrogens (tertiary/aromatic N) is 2. The number of benzene rings is 1. The average molecular weight is 411 g/mol. The second kappa shape index (κ2) is 8.73. The molecule has 1 aliphatic heterocycles. The van der Waals surface area contributed by atoms with E-state index in [1.54, 1.807) is 31.2 Å². The van der Waals surface area contributed by atoms with E-state index in [-0.39, 0.29) is 37.0 Å². The first-order valence-corrected chi connectivity index (χ1v) is 9.29. The van der Waals surface area contributed by atoms with E-state index in [0.717, 1.165) is 0 Å². The van der Waals surface area contributed by atoms with Gasteiger partial charge in [-0.1, -0.05) is 37.8 Å². The Morgan fingerprint density at radius 2 is 2.03 bits per heavy atom. The van der Waals surface area contributed by atoms with Crippen molar-refractivity contribution in [3.63, 3.8) is 0 Å². The molecule has 0 spiro atoms. The number of fused-ring (bicyclic) bond motifs is 1. The molecule has 3 rings (SSSR count). The lowest BCUT2D eigenvalue weighted by Gasteiger charge is -2.34. The van der Waals surface area contributed by atoms with Gasteiger partial charge in [0.05, 0.1) is 5.56 Å². The fourth-order valence-electron chi connectivity index (χ4n) is 3.07. The maximum atomic E-state index is 12.8. The molecule has 0 fully saturated rings. The molecule has 1 aliphatic rings. The number of cyclic esters (lactones) is 1. The number of esters is 2. The number of nitrogens with one attached hydrogen (secondary N) is 1. The van der Waals surface area contributed by atoms with Crippen LogP contribution < -0.4 is 10.1 Å². The lowest BCUT2D eigenvalue weighted by atomic mass is 9.90. The van der Waals surface area contributed by atoms with Gasteiger partial charge in [0.15, 0.2) is 0 Å². The summed E-state index contributed by atoms with van der Waals surface area (Å²) in [6.07, 6.45) is 1.56. The zero-order valence-electron chi connectivity index (χ0n) is 16.6. The minimum atomic E-state index is -1.80. The summed E-state index contributed by atoms with van der Waals surface area (Å²) >= 11 is 0. The fraction of sp³-hybridized carbons (Fsp3) is 0.286. The predicted molar refractivity (Wildman–Crippen MR) is 106 cm³/mol. The van der Waals surface area contributed by atoms with Gasteiger partial charge in [0.25, 0.3) is 11.5 Å². The van der Waals surface area contributed by atoms with Gasteiger partial charge in [-0.15, -0.1) is 0 Å². The van der Waals surface area contributed by atoms with Crippen molar-refractivity contribution >= 4 is 23.5 Å². The number of aromatic nitrogens is 2. The van der Waals surface area contributed by atoms with Gasteiger partial charge >= 0.3 is 11.9 Å². The summed E-state index contributed by atoms with van der Waals surface area (Å²) in [5, 5.41) is 2.68. The quantitative estimate of drug-likeness (QED) is 0.546. The van der Waals surface area contributed by atoms with Crippen LogP contribution in [-0.2, 0) is 31.3 Å². The molecule has 1 aromatic heterocycles. The topological polar surface area (TPSA) is 117 Å². The highest BCUT2D eigenvalue weighted by Gasteiger charge is 2.51. The molecule has 1 amide bonds. The minimum absolute atomic E-state index is 0.0515. The van der Waals surface area contributed by atoms with Crippen molar-refractivity contribution in [1.82, 2.24) is 9.97 Å². The van der Waals surface area contributed by atoms with Gasteiger partial charge in [-0.05, 0) is 12.1 Å². The van der Waals surface area contributed by atoms with E-state index in [1.165, 1.54) is 13.0 Å². The van der Waals surface area contributed by atoms with Crippen LogP contribution in [0.5, 0.6) is 5.88 Å². The van der Waals surface area contributed by atoms with Crippen molar-refractivity contribution in [3.8, 4) is 5.88 Å². The Morgan fingerprint density at radius 3 is 2.67 bits per heavy atom. The fourth-order valence-corrected chi connectivity index (χ4v) is 3.07. The number of carbonyl (C=O) groups is 3. The lowest BCUT2D eigenvalue weighted by Crippen LogP contribution is -2.46. The van der Waals surface area contributed by atoms with Gasteiger partial charge in [0.2, 0.25) is 11.7 Å². The Bertz CT molecular complexity index is 992. The largest absolute Gasteiger partial charge is 0.473 e. The summed E-state index contributed by atoms with van der Waals surface area (Å²) < 4.78 is 16.2. The zero-order valence-corrected chi connectivity index (χ0v) is 16.6. The van der Waals surface area contributed by atoms with Gasteiger partial charge in [0.1, 0.15) is 18.9 Å². The number of amides is 1. The van der Waals surface area contributed by atoms with Crippen LogP contribution in [0.2, 0.25) is 0 Å². The smallest absolute Gasteiger partial charge is 0.357 e. The summed E-state index contributed by atoms with van der Waals surface area (Å²) in [6.45, 7) is 6.35. The average Bonchev–Trinajstić information content (AvgIpc) is 2.74. The summed E-state index contributed by atoms with van der Waals surface area (Å²) in [5.74, 6) is -2.26. The third kappa shape index (κ3) is 4.00. The summed E-state index contributed by atoms with van der Waals surface area (Å²) in [5.41, 5.74) is -0.853. The van der Waals surface area contributed by atoms with Crippen LogP contribution >= 0.6 is 0 Å². The van der Waals surface area contributed by atoms with Crippen LogP contribution in [0, 0.1) is 0 Å². The number of carbonyl (C=O) groups excluding carboxylic acids is 3. The summed E-state index contributed by atoms with van der Waals surface area (Å²) in [7, 11) is 0. The molecule has 1 aromatic carbocycles. The molecule has 9 nitrogen and oxygen atoms in total. The highest BCUT2D eigenvalue weighted by molar-refractivity contribution is 6.01. The van der Waals surface area contributed by atoms with E-state index >= 15 is 0 Å². The van der Waals surface area contributed by atoms with E-state index < -0.39 is 23.4 Å². The number of hydrogen-bond acceptors (Lipinski definition) is 8. The third-order valence-electron chi connectivity index (χ3n) is 4.42. The van der Waals surface area contributed by atoms with E-state index in [2.05, 4.69) is 21.9 Å². The van der Waals surface area contributed by atoms with Gasteiger partial charge in [-0.25, -0.2) is 9.78 Å². The molecule has 0 unspecified atom stereocenters. The van der Waals surface area contributed by atoms with Crippen molar-refractivity contribution in [1.29, 1.82) is 0 Å². The molecule has 30 heavy (non-hydrogen) atoms. The molecule has 1 N–H and O–H groups in total. The molecular formula is C21H21N3O6. The number of anilines is 1. The van der Waals surface area contributed by atoms with E-state index in [9.17, 15) is 14.4 Å². The number of para-hydroxylation sites is 1. The first-order chi connectivity index (χ1) is 14.4. The van der Waals surface area contributed by atoms with Crippen LogP contribution in [0.4, 0.5) is 5.69 Å². The van der Waals surface area contributed by atoms with Gasteiger partial charge in [0, 0.05) is 19.0 Å².